The largest absolute Gasteiger partial charge is 0.462 e. The van der Waals surface area contributed by atoms with Gasteiger partial charge in [-0.05, 0) is 24.8 Å². The van der Waals surface area contributed by atoms with E-state index < -0.39 is 0 Å². The molecule has 1 heterocycles. The van der Waals surface area contributed by atoms with Crippen LogP contribution in [-0.4, -0.2) is 12.1 Å². The van der Waals surface area contributed by atoms with Gasteiger partial charge >= 0.3 is 5.97 Å². The van der Waals surface area contributed by atoms with Crippen molar-refractivity contribution in [1.82, 2.24) is 0 Å². The van der Waals surface area contributed by atoms with Gasteiger partial charge in [0.2, 0.25) is 0 Å². The lowest BCUT2D eigenvalue weighted by Crippen LogP contribution is -2.10. The molecule has 0 N–H and O–H groups in total. The Morgan fingerprint density at radius 2 is 1.88 bits per heavy atom. The van der Waals surface area contributed by atoms with Crippen molar-refractivity contribution in [2.75, 3.05) is 0 Å². The van der Waals surface area contributed by atoms with Crippen LogP contribution in [0.4, 0.5) is 0 Å². The van der Waals surface area contributed by atoms with Crippen LogP contribution in [0.3, 0.4) is 0 Å². The molecule has 1 saturated heterocycles. The van der Waals surface area contributed by atoms with Crippen molar-refractivity contribution >= 4 is 5.97 Å². The molecule has 1 aliphatic rings. The summed E-state index contributed by atoms with van der Waals surface area (Å²) in [6.45, 7) is 6.06. The number of benzene rings is 1. The quantitative estimate of drug-likeness (QED) is 0.747. The lowest BCUT2D eigenvalue weighted by Gasteiger charge is -2.04. The van der Waals surface area contributed by atoms with Gasteiger partial charge in [-0.15, -0.1) is 0 Å². The Bertz CT molecular complexity index is 332. The highest BCUT2D eigenvalue weighted by Gasteiger charge is 2.32. The van der Waals surface area contributed by atoms with Crippen molar-refractivity contribution in [2.45, 2.75) is 46.1 Å². The normalized spacial score (nSPS) is 22.6. The zero-order valence-electron chi connectivity index (χ0n) is 11.0. The van der Waals surface area contributed by atoms with Gasteiger partial charge in [-0.3, -0.25) is 4.79 Å². The number of rotatable bonds is 3. The Kier molecular flexibility index (Phi) is 5.75. The minimum absolute atomic E-state index is 0.0225. The van der Waals surface area contributed by atoms with Gasteiger partial charge in [0.25, 0.3) is 0 Å². The van der Waals surface area contributed by atoms with E-state index in [-0.39, 0.29) is 18.0 Å². The minimum Gasteiger partial charge on any atom is -0.462 e. The van der Waals surface area contributed by atoms with Crippen LogP contribution in [0.15, 0.2) is 30.3 Å². The van der Waals surface area contributed by atoms with Crippen LogP contribution >= 0.6 is 0 Å². The second kappa shape index (κ2) is 7.10. The van der Waals surface area contributed by atoms with Crippen LogP contribution in [0.5, 0.6) is 0 Å². The number of carbonyl (C=O) groups is 1. The molecule has 94 valence electrons. The van der Waals surface area contributed by atoms with Gasteiger partial charge in [0.1, 0.15) is 6.10 Å². The number of esters is 1. The van der Waals surface area contributed by atoms with Crippen LogP contribution in [0, 0.1) is 5.92 Å². The summed E-state index contributed by atoms with van der Waals surface area (Å²) in [5.74, 6) is 0.0445. The predicted molar refractivity (Wildman–Crippen MR) is 69.8 cm³/mol. The average Bonchev–Trinajstić information content (AvgIpc) is 2.74. The summed E-state index contributed by atoms with van der Waals surface area (Å²) in [5, 5.41) is 0. The van der Waals surface area contributed by atoms with Gasteiger partial charge in [-0.25, -0.2) is 0 Å². The molecule has 2 rings (SSSR count). The van der Waals surface area contributed by atoms with E-state index in [0.29, 0.717) is 0 Å². The topological polar surface area (TPSA) is 26.3 Å². The summed E-state index contributed by atoms with van der Waals surface area (Å²) in [6.07, 6.45) is 2.77. The fourth-order valence-corrected chi connectivity index (χ4v) is 2.04. The van der Waals surface area contributed by atoms with Gasteiger partial charge in [0.05, 0.1) is 5.92 Å². The average molecular weight is 234 g/mol. The molecule has 2 unspecified atom stereocenters. The van der Waals surface area contributed by atoms with Crippen molar-refractivity contribution in [3.63, 3.8) is 0 Å². The van der Waals surface area contributed by atoms with Crippen molar-refractivity contribution in [1.29, 1.82) is 0 Å². The number of ether oxygens (including phenoxy) is 1. The molecular formula is C15H22O2. The highest BCUT2D eigenvalue weighted by atomic mass is 16.5. The van der Waals surface area contributed by atoms with Crippen molar-refractivity contribution < 1.29 is 9.53 Å². The fraction of sp³-hybridized carbons (Fsp3) is 0.533. The molecule has 1 aliphatic heterocycles. The van der Waals surface area contributed by atoms with Gasteiger partial charge in [0, 0.05) is 0 Å². The van der Waals surface area contributed by atoms with E-state index in [0.717, 1.165) is 19.3 Å². The molecule has 2 nitrogen and oxygen atoms in total. The van der Waals surface area contributed by atoms with E-state index >= 15 is 0 Å². The van der Waals surface area contributed by atoms with Crippen LogP contribution in [-0.2, 0) is 16.0 Å². The van der Waals surface area contributed by atoms with E-state index in [1.165, 1.54) is 5.56 Å². The maximum absolute atomic E-state index is 11.5. The van der Waals surface area contributed by atoms with E-state index in [2.05, 4.69) is 19.1 Å². The van der Waals surface area contributed by atoms with Gasteiger partial charge in [0.15, 0.2) is 0 Å². The second-order valence-corrected chi connectivity index (χ2v) is 4.09. The van der Waals surface area contributed by atoms with Gasteiger partial charge in [-0.1, -0.05) is 51.1 Å². The van der Waals surface area contributed by atoms with Crippen LogP contribution < -0.4 is 0 Å². The summed E-state index contributed by atoms with van der Waals surface area (Å²) in [5.41, 5.74) is 1.22. The Labute approximate surface area is 104 Å². The van der Waals surface area contributed by atoms with Crippen LogP contribution in [0.1, 0.15) is 39.2 Å². The molecule has 2 atom stereocenters. The van der Waals surface area contributed by atoms with E-state index in [9.17, 15) is 4.79 Å². The molecule has 0 radical (unpaired) electrons. The predicted octanol–water partition coefficient (Wildman–Crippen LogP) is 3.60. The molecule has 0 saturated carbocycles. The first kappa shape index (κ1) is 13.8. The molecule has 1 aromatic rings. The molecule has 2 heteroatoms. The summed E-state index contributed by atoms with van der Waals surface area (Å²) in [7, 11) is 0. The van der Waals surface area contributed by atoms with Crippen molar-refractivity contribution in [3.05, 3.63) is 35.9 Å². The molecule has 0 aliphatic carbocycles. The third-order valence-corrected chi connectivity index (χ3v) is 2.94. The highest BCUT2D eigenvalue weighted by molar-refractivity contribution is 5.75. The number of hydrogen-bond donors (Lipinski definition) is 0. The van der Waals surface area contributed by atoms with Crippen molar-refractivity contribution in [2.24, 2.45) is 5.92 Å². The van der Waals surface area contributed by atoms with Crippen LogP contribution in [0.25, 0.3) is 0 Å². The Morgan fingerprint density at radius 1 is 1.24 bits per heavy atom. The first-order valence-electron chi connectivity index (χ1n) is 6.54. The zero-order chi connectivity index (χ0) is 12.7. The van der Waals surface area contributed by atoms with Gasteiger partial charge in [-0.2, -0.15) is 0 Å². The Hall–Kier alpha value is -1.31. The van der Waals surface area contributed by atoms with E-state index in [1.807, 2.05) is 32.0 Å². The summed E-state index contributed by atoms with van der Waals surface area (Å²) in [4.78, 5) is 11.5. The highest BCUT2D eigenvalue weighted by Crippen LogP contribution is 2.26. The number of cyclic esters (lactones) is 1. The Morgan fingerprint density at radius 3 is 2.41 bits per heavy atom. The molecule has 0 bridgehead atoms. The van der Waals surface area contributed by atoms with Gasteiger partial charge < -0.3 is 4.74 Å². The molecular weight excluding hydrogens is 212 g/mol. The SMILES string of the molecule is CC.CCC1CC(Cc2ccccc2)C(=O)O1. The lowest BCUT2D eigenvalue weighted by molar-refractivity contribution is -0.144. The summed E-state index contributed by atoms with van der Waals surface area (Å²) in [6, 6.07) is 10.1. The third-order valence-electron chi connectivity index (χ3n) is 2.94. The van der Waals surface area contributed by atoms with E-state index in [1.54, 1.807) is 0 Å². The first-order valence-corrected chi connectivity index (χ1v) is 6.54. The third kappa shape index (κ3) is 3.88. The minimum atomic E-state index is -0.0225. The molecule has 17 heavy (non-hydrogen) atoms. The number of carbonyl (C=O) groups excluding carboxylic acids is 1. The second-order valence-electron chi connectivity index (χ2n) is 4.09. The molecule has 0 amide bonds. The zero-order valence-corrected chi connectivity index (χ0v) is 11.0. The first-order chi connectivity index (χ1) is 8.29. The smallest absolute Gasteiger partial charge is 0.309 e. The maximum atomic E-state index is 11.5. The number of hydrogen-bond acceptors (Lipinski definition) is 2. The maximum Gasteiger partial charge on any atom is 0.309 e. The molecule has 1 fully saturated rings. The van der Waals surface area contributed by atoms with E-state index in [4.69, 9.17) is 4.74 Å². The molecule has 0 spiro atoms. The van der Waals surface area contributed by atoms with Crippen LogP contribution in [0.2, 0.25) is 0 Å². The molecule has 1 aromatic carbocycles. The summed E-state index contributed by atoms with van der Waals surface area (Å²) < 4.78 is 5.26. The van der Waals surface area contributed by atoms with Crippen molar-refractivity contribution in [3.8, 4) is 0 Å². The lowest BCUT2D eigenvalue weighted by atomic mass is 9.96. The standard InChI is InChI=1S/C13H16O2.C2H6/c1-2-12-9-11(13(14)15-12)8-10-6-4-3-5-7-10;1-2/h3-7,11-12H,2,8-9H2,1H3;1-2H3. The summed E-state index contributed by atoms with van der Waals surface area (Å²) >= 11 is 0. The monoisotopic (exact) mass is 234 g/mol. The fourth-order valence-electron chi connectivity index (χ4n) is 2.04. The Balaban J connectivity index is 0.000000686. The molecule has 0 aromatic heterocycles.